The second kappa shape index (κ2) is 5.29. The highest BCUT2D eigenvalue weighted by molar-refractivity contribution is 5.38. The maximum Gasteiger partial charge on any atom is 0.0452 e. The number of nitrogens with two attached hydrogens (primary N) is 1. The van der Waals surface area contributed by atoms with E-state index in [1.807, 2.05) is 0 Å². The lowest BCUT2D eigenvalue weighted by atomic mass is 9.97. The molecule has 0 heterocycles. The van der Waals surface area contributed by atoms with Crippen LogP contribution in [0.3, 0.4) is 0 Å². The highest BCUT2D eigenvalue weighted by atomic mass is 15.1. The van der Waals surface area contributed by atoms with E-state index in [1.165, 1.54) is 22.3 Å². The monoisotopic (exact) mass is 206 g/mol. The second-order valence-corrected chi connectivity index (χ2v) is 4.30. The molecule has 0 aliphatic carbocycles. The largest absolute Gasteiger partial charge is 0.318 e. The summed E-state index contributed by atoms with van der Waals surface area (Å²) in [5.74, 6) is 0. The van der Waals surface area contributed by atoms with Crippen LogP contribution < -0.4 is 5.73 Å². The first-order chi connectivity index (χ1) is 7.06. The van der Waals surface area contributed by atoms with Crippen molar-refractivity contribution in [3.63, 3.8) is 0 Å². The van der Waals surface area contributed by atoms with Gasteiger partial charge in [0.2, 0.25) is 0 Å². The molecule has 15 heavy (non-hydrogen) atoms. The van der Waals surface area contributed by atoms with Crippen molar-refractivity contribution < 1.29 is 0 Å². The van der Waals surface area contributed by atoms with Gasteiger partial charge in [-0.2, -0.15) is 0 Å². The minimum atomic E-state index is 0.629. The third-order valence-electron chi connectivity index (χ3n) is 3.24. The van der Waals surface area contributed by atoms with Crippen molar-refractivity contribution in [2.75, 3.05) is 20.3 Å². The zero-order valence-corrected chi connectivity index (χ0v) is 10.3. The van der Waals surface area contributed by atoms with E-state index in [0.29, 0.717) is 6.67 Å². The Morgan fingerprint density at radius 1 is 1.13 bits per heavy atom. The van der Waals surface area contributed by atoms with Crippen LogP contribution in [0, 0.1) is 20.8 Å². The predicted octanol–water partition coefficient (Wildman–Crippen LogP) is 2.00. The first-order valence-electron chi connectivity index (χ1n) is 5.50. The molecule has 1 aromatic rings. The van der Waals surface area contributed by atoms with Crippen molar-refractivity contribution in [1.29, 1.82) is 0 Å². The van der Waals surface area contributed by atoms with Crippen LogP contribution in [-0.4, -0.2) is 25.2 Å². The average Bonchev–Trinajstić information content (AvgIpc) is 2.24. The van der Waals surface area contributed by atoms with E-state index in [9.17, 15) is 0 Å². The molecule has 0 aliphatic heterocycles. The highest BCUT2D eigenvalue weighted by Crippen LogP contribution is 2.17. The number of nitrogens with zero attached hydrogens (tertiary/aromatic N) is 1. The molecule has 0 aliphatic rings. The summed E-state index contributed by atoms with van der Waals surface area (Å²) in [6, 6.07) is 4.45. The van der Waals surface area contributed by atoms with Crippen LogP contribution in [0.5, 0.6) is 0 Å². The van der Waals surface area contributed by atoms with Crippen molar-refractivity contribution in [2.45, 2.75) is 27.2 Å². The van der Waals surface area contributed by atoms with Crippen LogP contribution in [0.1, 0.15) is 22.3 Å². The topological polar surface area (TPSA) is 29.3 Å². The fourth-order valence-electron chi connectivity index (χ4n) is 1.69. The first-order valence-corrected chi connectivity index (χ1v) is 5.50. The van der Waals surface area contributed by atoms with Gasteiger partial charge in [-0.1, -0.05) is 12.1 Å². The van der Waals surface area contributed by atoms with Gasteiger partial charge in [0.05, 0.1) is 0 Å². The number of hydrogen-bond acceptors (Lipinski definition) is 2. The van der Waals surface area contributed by atoms with Crippen LogP contribution in [0.4, 0.5) is 0 Å². The summed E-state index contributed by atoms with van der Waals surface area (Å²) in [7, 11) is 2.05. The standard InChI is InChI=1S/C13H22N2/c1-10-5-6-13(12(3)11(10)2)7-8-15(4)9-14/h5-6H,7-9,14H2,1-4H3. The molecular weight excluding hydrogens is 184 g/mol. The molecule has 2 N–H and O–H groups in total. The van der Waals surface area contributed by atoms with Gasteiger partial charge in [0.15, 0.2) is 0 Å². The summed E-state index contributed by atoms with van der Waals surface area (Å²) in [5.41, 5.74) is 11.2. The molecule has 0 saturated carbocycles. The van der Waals surface area contributed by atoms with Gasteiger partial charge in [0.1, 0.15) is 0 Å². The van der Waals surface area contributed by atoms with Crippen LogP contribution >= 0.6 is 0 Å². The number of benzene rings is 1. The lowest BCUT2D eigenvalue weighted by molar-refractivity contribution is 0.349. The van der Waals surface area contributed by atoms with E-state index in [4.69, 9.17) is 5.73 Å². The van der Waals surface area contributed by atoms with Gasteiger partial charge in [0, 0.05) is 13.2 Å². The fourth-order valence-corrected chi connectivity index (χ4v) is 1.69. The molecule has 0 fully saturated rings. The van der Waals surface area contributed by atoms with Gasteiger partial charge >= 0.3 is 0 Å². The van der Waals surface area contributed by atoms with Crippen LogP contribution in [-0.2, 0) is 6.42 Å². The maximum atomic E-state index is 5.55. The Morgan fingerprint density at radius 2 is 1.80 bits per heavy atom. The average molecular weight is 206 g/mol. The summed E-state index contributed by atoms with van der Waals surface area (Å²) < 4.78 is 0. The van der Waals surface area contributed by atoms with Gasteiger partial charge < -0.3 is 5.73 Å². The minimum absolute atomic E-state index is 0.629. The lowest BCUT2D eigenvalue weighted by Gasteiger charge is -2.16. The molecule has 2 heteroatoms. The lowest BCUT2D eigenvalue weighted by Crippen LogP contribution is -2.27. The maximum absolute atomic E-state index is 5.55. The van der Waals surface area contributed by atoms with Crippen LogP contribution in [0.25, 0.3) is 0 Å². The zero-order chi connectivity index (χ0) is 11.4. The van der Waals surface area contributed by atoms with E-state index in [-0.39, 0.29) is 0 Å². The summed E-state index contributed by atoms with van der Waals surface area (Å²) >= 11 is 0. The van der Waals surface area contributed by atoms with Gasteiger partial charge in [-0.15, -0.1) is 0 Å². The normalized spacial score (nSPS) is 11.1. The Kier molecular flexibility index (Phi) is 4.30. The molecule has 0 bridgehead atoms. The second-order valence-electron chi connectivity index (χ2n) is 4.30. The van der Waals surface area contributed by atoms with E-state index in [1.54, 1.807) is 0 Å². The molecule has 84 valence electrons. The van der Waals surface area contributed by atoms with E-state index < -0.39 is 0 Å². The molecule has 0 saturated heterocycles. The third kappa shape index (κ3) is 3.05. The third-order valence-corrected chi connectivity index (χ3v) is 3.24. The Bertz CT molecular complexity index is 332. The van der Waals surface area contributed by atoms with E-state index >= 15 is 0 Å². The number of aryl methyl sites for hydroxylation is 1. The van der Waals surface area contributed by atoms with Crippen LogP contribution in [0.2, 0.25) is 0 Å². The molecule has 0 amide bonds. The van der Waals surface area contributed by atoms with Crippen molar-refractivity contribution in [2.24, 2.45) is 5.73 Å². The first kappa shape index (κ1) is 12.2. The molecule has 0 spiro atoms. The molecule has 0 unspecified atom stereocenters. The number of rotatable bonds is 4. The van der Waals surface area contributed by atoms with Crippen molar-refractivity contribution in [1.82, 2.24) is 4.90 Å². The van der Waals surface area contributed by atoms with Crippen molar-refractivity contribution in [3.8, 4) is 0 Å². The smallest absolute Gasteiger partial charge is 0.0452 e. The molecular formula is C13H22N2. The SMILES string of the molecule is Cc1ccc(CCN(C)CN)c(C)c1C. The molecule has 1 aromatic carbocycles. The van der Waals surface area contributed by atoms with Crippen molar-refractivity contribution >= 4 is 0 Å². The fraction of sp³-hybridized carbons (Fsp3) is 0.538. The number of hydrogen-bond donors (Lipinski definition) is 1. The summed E-state index contributed by atoms with van der Waals surface area (Å²) in [6.07, 6.45) is 1.08. The molecule has 0 radical (unpaired) electrons. The quantitative estimate of drug-likeness (QED) is 0.764. The summed E-state index contributed by atoms with van der Waals surface area (Å²) in [5, 5.41) is 0. The van der Waals surface area contributed by atoms with Gasteiger partial charge in [-0.25, -0.2) is 0 Å². The molecule has 0 atom stereocenters. The zero-order valence-electron chi connectivity index (χ0n) is 10.3. The predicted molar refractivity (Wildman–Crippen MR) is 66.0 cm³/mol. The molecule has 1 rings (SSSR count). The Hall–Kier alpha value is -0.860. The van der Waals surface area contributed by atoms with Gasteiger partial charge in [-0.3, -0.25) is 4.90 Å². The van der Waals surface area contributed by atoms with Gasteiger partial charge in [-0.05, 0) is 56.5 Å². The number of likely N-dealkylation sites (N-methyl/N-ethyl adjacent to an activating group) is 1. The Morgan fingerprint density at radius 3 is 2.40 bits per heavy atom. The highest BCUT2D eigenvalue weighted by Gasteiger charge is 2.04. The summed E-state index contributed by atoms with van der Waals surface area (Å²) in [4.78, 5) is 2.13. The Balaban J connectivity index is 2.74. The van der Waals surface area contributed by atoms with Crippen LogP contribution in [0.15, 0.2) is 12.1 Å². The van der Waals surface area contributed by atoms with E-state index in [2.05, 4.69) is 44.9 Å². The molecule has 0 aromatic heterocycles. The van der Waals surface area contributed by atoms with Gasteiger partial charge in [0.25, 0.3) is 0 Å². The van der Waals surface area contributed by atoms with Crippen molar-refractivity contribution in [3.05, 3.63) is 34.4 Å². The minimum Gasteiger partial charge on any atom is -0.318 e. The summed E-state index contributed by atoms with van der Waals surface area (Å²) in [6.45, 7) is 8.22. The molecule has 2 nitrogen and oxygen atoms in total. The van der Waals surface area contributed by atoms with E-state index in [0.717, 1.165) is 13.0 Å². The Labute approximate surface area is 93.1 Å².